The predicted octanol–water partition coefficient (Wildman–Crippen LogP) is 2.08. The molecule has 1 rings (SSSR count). The second kappa shape index (κ2) is 4.81. The quantitative estimate of drug-likeness (QED) is 0.860. The Hall–Kier alpha value is -1.83. The molecule has 0 aliphatic carbocycles. The van der Waals surface area contributed by atoms with E-state index in [1.165, 1.54) is 0 Å². The van der Waals surface area contributed by atoms with E-state index in [1.807, 2.05) is 0 Å². The van der Waals surface area contributed by atoms with E-state index in [-0.39, 0.29) is 5.56 Å². The molecule has 0 aliphatic rings. The van der Waals surface area contributed by atoms with Crippen molar-refractivity contribution < 1.29 is 31.5 Å². The number of carboxylic acid groups (broad SMARTS) is 1. The van der Waals surface area contributed by atoms with Gasteiger partial charge in [0.15, 0.2) is 0 Å². The summed E-state index contributed by atoms with van der Waals surface area (Å²) in [6.07, 6.45) is 1.92. The van der Waals surface area contributed by atoms with E-state index in [0.717, 1.165) is 36.4 Å². The summed E-state index contributed by atoms with van der Waals surface area (Å²) < 4.78 is 58.6. The van der Waals surface area contributed by atoms with Crippen molar-refractivity contribution in [2.45, 2.75) is 10.4 Å². The molecule has 0 saturated heterocycles. The van der Waals surface area contributed by atoms with Crippen molar-refractivity contribution in [3.05, 3.63) is 35.9 Å². The van der Waals surface area contributed by atoms with E-state index in [4.69, 9.17) is 5.11 Å². The fraction of sp³-hybridized carbons (Fsp3) is 0.100. The van der Waals surface area contributed by atoms with Gasteiger partial charge in [-0.25, -0.2) is 13.2 Å². The van der Waals surface area contributed by atoms with Gasteiger partial charge in [-0.1, -0.05) is 12.1 Å². The highest BCUT2D eigenvalue weighted by Crippen LogP contribution is 2.30. The smallest absolute Gasteiger partial charge is 0.478 e. The molecule has 0 bridgehead atoms. The maximum absolute atomic E-state index is 12.2. The number of aliphatic carboxylic acids is 1. The predicted molar refractivity (Wildman–Crippen MR) is 56.4 cm³/mol. The molecule has 1 aromatic rings. The fourth-order valence-electron chi connectivity index (χ4n) is 1.06. The van der Waals surface area contributed by atoms with Gasteiger partial charge in [0.05, 0.1) is 4.90 Å². The van der Waals surface area contributed by atoms with E-state index in [0.29, 0.717) is 0 Å². The summed E-state index contributed by atoms with van der Waals surface area (Å²) in [5.74, 6) is -1.22. The van der Waals surface area contributed by atoms with Gasteiger partial charge in [-0.3, -0.25) is 0 Å². The first-order chi connectivity index (χ1) is 8.14. The Morgan fingerprint density at radius 1 is 1.17 bits per heavy atom. The lowest BCUT2D eigenvalue weighted by atomic mass is 10.2. The molecule has 8 heteroatoms. The van der Waals surface area contributed by atoms with Crippen molar-refractivity contribution in [2.75, 3.05) is 0 Å². The fourth-order valence-corrected chi connectivity index (χ4v) is 1.82. The van der Waals surface area contributed by atoms with Gasteiger partial charge in [0, 0.05) is 6.08 Å². The van der Waals surface area contributed by atoms with Gasteiger partial charge in [-0.05, 0) is 23.8 Å². The summed E-state index contributed by atoms with van der Waals surface area (Å²) >= 11 is 0. The number of hydrogen-bond donors (Lipinski definition) is 1. The normalized spacial score (nSPS) is 12.8. The van der Waals surface area contributed by atoms with Crippen LogP contribution in [0, 0.1) is 0 Å². The summed E-state index contributed by atoms with van der Waals surface area (Å²) in [6, 6.07) is 3.70. The van der Waals surface area contributed by atoms with E-state index in [1.54, 1.807) is 0 Å². The molecule has 0 aliphatic heterocycles. The molecule has 0 fully saturated rings. The van der Waals surface area contributed by atoms with Gasteiger partial charge in [-0.15, -0.1) is 0 Å². The molecule has 1 N–H and O–H groups in total. The number of sulfone groups is 1. The third-order valence-electron chi connectivity index (χ3n) is 1.91. The first kappa shape index (κ1) is 14.2. The highest BCUT2D eigenvalue weighted by atomic mass is 32.2. The number of carbonyl (C=O) groups is 1. The van der Waals surface area contributed by atoms with Crippen LogP contribution in [0.3, 0.4) is 0 Å². The Bertz CT molecular complexity index is 570. The van der Waals surface area contributed by atoms with Crippen LogP contribution in [0.5, 0.6) is 0 Å². The SMILES string of the molecule is O=C(O)C=Cc1ccc(S(=O)(=O)C(F)(F)F)cc1. The molecule has 0 saturated carbocycles. The van der Waals surface area contributed by atoms with Crippen molar-refractivity contribution in [3.63, 3.8) is 0 Å². The van der Waals surface area contributed by atoms with Crippen LogP contribution in [0.1, 0.15) is 5.56 Å². The van der Waals surface area contributed by atoms with E-state index >= 15 is 0 Å². The Labute approximate surface area is 100 Å². The van der Waals surface area contributed by atoms with Crippen molar-refractivity contribution in [2.24, 2.45) is 0 Å². The van der Waals surface area contributed by atoms with Gasteiger partial charge in [-0.2, -0.15) is 13.2 Å². The van der Waals surface area contributed by atoms with Crippen LogP contribution in [0.15, 0.2) is 35.2 Å². The zero-order chi connectivity index (χ0) is 14.0. The first-order valence-electron chi connectivity index (χ1n) is 4.47. The molecule has 0 radical (unpaired) electrons. The number of carboxylic acids is 1. The zero-order valence-electron chi connectivity index (χ0n) is 8.68. The van der Waals surface area contributed by atoms with E-state index < -0.39 is 26.2 Å². The zero-order valence-corrected chi connectivity index (χ0v) is 9.49. The summed E-state index contributed by atoms with van der Waals surface area (Å²) in [5, 5.41) is 8.33. The van der Waals surface area contributed by atoms with Crippen LogP contribution in [0.4, 0.5) is 13.2 Å². The Kier molecular flexibility index (Phi) is 3.80. The minimum absolute atomic E-state index is 0.276. The van der Waals surface area contributed by atoms with Crippen molar-refractivity contribution >= 4 is 21.9 Å². The molecule has 0 atom stereocenters. The molecular formula is C10H7F3O4S. The molecule has 0 heterocycles. The van der Waals surface area contributed by atoms with Gasteiger partial charge in [0.1, 0.15) is 0 Å². The van der Waals surface area contributed by atoms with Crippen LogP contribution >= 0.6 is 0 Å². The standard InChI is InChI=1S/C10H7F3O4S/c11-10(12,13)18(16,17)8-4-1-7(2-5-8)3-6-9(14)15/h1-6H,(H,14,15). The molecule has 4 nitrogen and oxygen atoms in total. The summed E-state index contributed by atoms with van der Waals surface area (Å²) in [6.45, 7) is 0. The molecule has 0 amide bonds. The van der Waals surface area contributed by atoms with Crippen LogP contribution in [-0.2, 0) is 14.6 Å². The second-order valence-electron chi connectivity index (χ2n) is 3.19. The van der Waals surface area contributed by atoms with Crippen LogP contribution < -0.4 is 0 Å². The van der Waals surface area contributed by atoms with Crippen LogP contribution in [0.25, 0.3) is 6.08 Å². The molecule has 1 aromatic carbocycles. The number of rotatable bonds is 3. The van der Waals surface area contributed by atoms with Crippen LogP contribution in [-0.4, -0.2) is 25.0 Å². The monoisotopic (exact) mass is 280 g/mol. The van der Waals surface area contributed by atoms with Crippen molar-refractivity contribution in [3.8, 4) is 0 Å². The molecule has 98 valence electrons. The van der Waals surface area contributed by atoms with Gasteiger partial charge in [0.2, 0.25) is 0 Å². The Morgan fingerprint density at radius 3 is 2.06 bits per heavy atom. The maximum Gasteiger partial charge on any atom is 0.501 e. The average molecular weight is 280 g/mol. The highest BCUT2D eigenvalue weighted by Gasteiger charge is 2.46. The minimum Gasteiger partial charge on any atom is -0.478 e. The number of halogens is 3. The molecule has 0 unspecified atom stereocenters. The maximum atomic E-state index is 12.2. The van der Waals surface area contributed by atoms with E-state index in [9.17, 15) is 26.4 Å². The lowest BCUT2D eigenvalue weighted by Gasteiger charge is -2.07. The topological polar surface area (TPSA) is 71.4 Å². The molecule has 0 spiro atoms. The summed E-state index contributed by atoms with van der Waals surface area (Å²) in [7, 11) is -5.36. The Morgan fingerprint density at radius 2 is 1.67 bits per heavy atom. The van der Waals surface area contributed by atoms with Gasteiger partial charge >= 0.3 is 11.5 Å². The molecule has 18 heavy (non-hydrogen) atoms. The molecular weight excluding hydrogens is 273 g/mol. The van der Waals surface area contributed by atoms with E-state index in [2.05, 4.69) is 0 Å². The third-order valence-corrected chi connectivity index (χ3v) is 3.42. The lowest BCUT2D eigenvalue weighted by Crippen LogP contribution is -2.23. The summed E-state index contributed by atoms with van der Waals surface area (Å²) in [5.41, 5.74) is -5.08. The number of hydrogen-bond acceptors (Lipinski definition) is 3. The minimum atomic E-state index is -5.36. The number of alkyl halides is 3. The average Bonchev–Trinajstić information content (AvgIpc) is 2.25. The molecule has 0 aromatic heterocycles. The number of benzene rings is 1. The van der Waals surface area contributed by atoms with Gasteiger partial charge < -0.3 is 5.11 Å². The highest BCUT2D eigenvalue weighted by molar-refractivity contribution is 7.92. The largest absolute Gasteiger partial charge is 0.501 e. The van der Waals surface area contributed by atoms with Gasteiger partial charge in [0.25, 0.3) is 9.84 Å². The summed E-state index contributed by atoms with van der Waals surface area (Å²) in [4.78, 5) is 9.31. The first-order valence-corrected chi connectivity index (χ1v) is 5.95. The van der Waals surface area contributed by atoms with Crippen molar-refractivity contribution in [1.29, 1.82) is 0 Å². The second-order valence-corrected chi connectivity index (χ2v) is 5.13. The van der Waals surface area contributed by atoms with Crippen LogP contribution in [0.2, 0.25) is 0 Å². The third kappa shape index (κ3) is 3.10. The lowest BCUT2D eigenvalue weighted by molar-refractivity contribution is -0.131. The van der Waals surface area contributed by atoms with Crippen molar-refractivity contribution in [1.82, 2.24) is 0 Å². The Balaban J connectivity index is 3.08.